The summed E-state index contributed by atoms with van der Waals surface area (Å²) in [6.07, 6.45) is 0. The van der Waals surface area contributed by atoms with E-state index in [-0.39, 0.29) is 51.6 Å². The van der Waals surface area contributed by atoms with Crippen LogP contribution in [0.2, 0.25) is 0 Å². The number of quaternary nitrogens is 1. The van der Waals surface area contributed by atoms with E-state index in [0.717, 1.165) is 6.92 Å². The zero-order valence-corrected chi connectivity index (χ0v) is 8.89. The molecular weight excluding hydrogens is 202 g/mol. The van der Waals surface area contributed by atoms with E-state index in [1.165, 1.54) is 0 Å². The number of hydrogen-bond acceptors (Lipinski definition) is 4. The van der Waals surface area contributed by atoms with Gasteiger partial charge < -0.3 is 26.0 Å². The fraction of sp³-hybridized carbons (Fsp3) is 0.333. The minimum atomic E-state index is -1.08. The first-order valence-corrected chi connectivity index (χ1v) is 1.38. The Morgan fingerprint density at radius 3 is 1.56 bits per heavy atom. The predicted molar refractivity (Wildman–Crippen MR) is 28.5 cm³/mol. The Balaban J connectivity index is -0.0000000233. The van der Waals surface area contributed by atoms with Crippen LogP contribution in [0, 0.1) is 0 Å². The molecule has 9 heavy (non-hydrogen) atoms. The smallest absolute Gasteiger partial charge is 0.554 e. The first-order valence-electron chi connectivity index (χ1n) is 1.38. The van der Waals surface area contributed by atoms with E-state index >= 15 is 0 Å². The quantitative estimate of drug-likeness (QED) is 0.341. The van der Waals surface area contributed by atoms with Gasteiger partial charge in [0.15, 0.2) is 0 Å². The molecule has 0 aromatic rings. The van der Waals surface area contributed by atoms with Crippen molar-refractivity contribution in [3.05, 3.63) is 0 Å². The first kappa shape index (κ1) is 22.8. The maximum absolute atomic E-state index is 8.89. The second-order valence-electron chi connectivity index (χ2n) is 0.588. The van der Waals surface area contributed by atoms with Gasteiger partial charge in [0.05, 0.1) is 0 Å². The van der Waals surface area contributed by atoms with E-state index in [1.54, 1.807) is 0 Å². The van der Waals surface area contributed by atoms with Crippen molar-refractivity contribution in [2.75, 3.05) is 0 Å². The molecule has 0 unspecified atom stereocenters. The van der Waals surface area contributed by atoms with Crippen LogP contribution >= 0.6 is 0 Å². The van der Waals surface area contributed by atoms with E-state index < -0.39 is 12.4 Å². The van der Waals surface area contributed by atoms with Gasteiger partial charge in [-0.3, -0.25) is 0 Å². The molecule has 0 aliphatic carbocycles. The third-order valence-electron chi connectivity index (χ3n) is 0. The number of carboxylic acids is 1. The topological polar surface area (TPSA) is 117 Å². The van der Waals surface area contributed by atoms with Gasteiger partial charge in [-0.05, 0) is 6.92 Å². The molecule has 0 aliphatic rings. The predicted octanol–water partition coefficient (Wildman–Crippen LogP) is -2.88. The summed E-state index contributed by atoms with van der Waals surface area (Å²) < 4.78 is 0. The average Bonchev–Trinajstić information content (AvgIpc) is 1.33. The van der Waals surface area contributed by atoms with Crippen molar-refractivity contribution >= 4 is 57.9 Å². The maximum Gasteiger partial charge on any atom is 2.00 e. The third kappa shape index (κ3) is 2360. The van der Waals surface area contributed by atoms with E-state index in [0.29, 0.717) is 0 Å². The van der Waals surface area contributed by atoms with Gasteiger partial charge >= 0.3 is 45.5 Å². The van der Waals surface area contributed by atoms with Crippen LogP contribution in [0.5, 0.6) is 0 Å². The molecule has 0 fully saturated rings. The van der Waals surface area contributed by atoms with Gasteiger partial charge in [-0.2, -0.15) is 0 Å². The molecular formula is C3H8NO4Sr+. The number of carbonyl (C=O) groups excluding carboxylic acids is 2. The molecule has 0 amide bonds. The van der Waals surface area contributed by atoms with Gasteiger partial charge in [0.2, 0.25) is 0 Å². The summed E-state index contributed by atoms with van der Waals surface area (Å²) in [6.45, 7) is 0.472. The van der Waals surface area contributed by atoms with E-state index in [2.05, 4.69) is 0 Å². The summed E-state index contributed by atoms with van der Waals surface area (Å²) in [5, 5.41) is 17.1. The Kier molecular flexibility index (Phi) is 60.2. The van der Waals surface area contributed by atoms with Crippen molar-refractivity contribution in [1.82, 2.24) is 6.15 Å². The summed E-state index contributed by atoms with van der Waals surface area (Å²) in [5.74, 6) is -1.08. The normalized spacial score (nSPS) is 4.11. The number of rotatable bonds is 0. The van der Waals surface area contributed by atoms with Crippen LogP contribution in [-0.4, -0.2) is 57.9 Å². The minimum absolute atomic E-state index is 0. The largest absolute Gasteiger partial charge is 2.00 e. The van der Waals surface area contributed by atoms with Crippen molar-refractivity contribution in [3.63, 3.8) is 0 Å². The molecule has 50 valence electrons. The van der Waals surface area contributed by atoms with E-state index in [9.17, 15) is 0 Å². The maximum atomic E-state index is 8.89. The zero-order valence-electron chi connectivity index (χ0n) is 5.42. The van der Waals surface area contributed by atoms with Crippen molar-refractivity contribution in [1.29, 1.82) is 0 Å². The first-order chi connectivity index (χ1) is 3.15. The van der Waals surface area contributed by atoms with E-state index in [1.807, 2.05) is 0 Å². The SMILES string of the molecule is CC(=O)[O-].O=C[O-].[NH4+].[Sr+2]. The molecule has 4 N–H and O–H groups in total. The van der Waals surface area contributed by atoms with Gasteiger partial charge in [-0.15, -0.1) is 0 Å². The van der Waals surface area contributed by atoms with Gasteiger partial charge in [0.25, 0.3) is 0 Å². The summed E-state index contributed by atoms with van der Waals surface area (Å²) in [4.78, 5) is 17.1. The second-order valence-corrected chi connectivity index (χ2v) is 0.588. The summed E-state index contributed by atoms with van der Waals surface area (Å²) >= 11 is 0. The number of carbonyl (C=O) groups is 2. The molecule has 0 aromatic carbocycles. The average molecular weight is 210 g/mol. The molecule has 5 nitrogen and oxygen atoms in total. The Morgan fingerprint density at radius 1 is 1.56 bits per heavy atom. The molecule has 0 saturated carbocycles. The van der Waals surface area contributed by atoms with Crippen LogP contribution in [0.25, 0.3) is 0 Å². The molecule has 0 saturated heterocycles. The van der Waals surface area contributed by atoms with Gasteiger partial charge in [0, 0.05) is 12.4 Å². The summed E-state index contributed by atoms with van der Waals surface area (Å²) in [6, 6.07) is 0. The fourth-order valence-corrected chi connectivity index (χ4v) is 0. The summed E-state index contributed by atoms with van der Waals surface area (Å²) in [7, 11) is 0. The van der Waals surface area contributed by atoms with Crippen molar-refractivity contribution in [3.8, 4) is 0 Å². The number of hydrogen-bond donors (Lipinski definition) is 1. The standard InChI is InChI=1S/C2H4O2.CH2O2.H3N.Sr/c1-2(3)4;2-1-3;;/h1H3,(H,3,4);1H,(H,2,3);1H3;/q;;;+2/p-1. The number of carboxylic acid groups (broad SMARTS) is 2. The molecule has 0 rings (SSSR count). The molecule has 0 heterocycles. The Morgan fingerprint density at radius 2 is 1.56 bits per heavy atom. The van der Waals surface area contributed by atoms with Gasteiger partial charge in [-0.25, -0.2) is 0 Å². The molecule has 0 radical (unpaired) electrons. The molecule has 0 aromatic heterocycles. The molecule has 0 aliphatic heterocycles. The van der Waals surface area contributed by atoms with Crippen LogP contribution in [0.4, 0.5) is 0 Å². The number of aliphatic carboxylic acids is 1. The fourth-order valence-electron chi connectivity index (χ4n) is 0. The molecule has 6 heteroatoms. The van der Waals surface area contributed by atoms with Crippen LogP contribution in [0.15, 0.2) is 0 Å². The van der Waals surface area contributed by atoms with Crippen molar-refractivity contribution in [2.45, 2.75) is 6.92 Å². The van der Waals surface area contributed by atoms with Crippen molar-refractivity contribution in [2.24, 2.45) is 0 Å². The molecule has 0 spiro atoms. The van der Waals surface area contributed by atoms with Crippen LogP contribution < -0.4 is 16.4 Å². The summed E-state index contributed by atoms with van der Waals surface area (Å²) in [5.41, 5.74) is 0. The van der Waals surface area contributed by atoms with Gasteiger partial charge in [0.1, 0.15) is 0 Å². The van der Waals surface area contributed by atoms with Crippen LogP contribution in [-0.2, 0) is 9.59 Å². The molecule has 0 atom stereocenters. The Hall–Kier alpha value is 0.381. The third-order valence-corrected chi connectivity index (χ3v) is 0. The Bertz CT molecular complexity index is 62.8. The zero-order chi connectivity index (χ0) is 6.28. The van der Waals surface area contributed by atoms with E-state index in [4.69, 9.17) is 19.8 Å². The second kappa shape index (κ2) is 23.8. The minimum Gasteiger partial charge on any atom is -0.554 e. The van der Waals surface area contributed by atoms with Crippen LogP contribution in [0.3, 0.4) is 0 Å². The monoisotopic (exact) mass is 210 g/mol. The van der Waals surface area contributed by atoms with Gasteiger partial charge in [-0.1, -0.05) is 0 Å². The van der Waals surface area contributed by atoms with Crippen LogP contribution in [0.1, 0.15) is 6.92 Å². The van der Waals surface area contributed by atoms with Crippen molar-refractivity contribution < 1.29 is 19.8 Å². The Labute approximate surface area is 89.9 Å². The molecule has 0 bridgehead atoms.